The summed E-state index contributed by atoms with van der Waals surface area (Å²) in [5, 5.41) is 21.0. The van der Waals surface area contributed by atoms with E-state index in [1.165, 1.54) is 6.33 Å². The second-order valence-corrected chi connectivity index (χ2v) is 6.28. The summed E-state index contributed by atoms with van der Waals surface area (Å²) in [6.45, 7) is 0. The van der Waals surface area contributed by atoms with Crippen molar-refractivity contribution >= 4 is 56.8 Å². The topological polar surface area (TPSA) is 80.4 Å². The van der Waals surface area contributed by atoms with E-state index in [2.05, 4.69) is 32.6 Å². The molecule has 0 bridgehead atoms. The molecule has 3 rings (SSSR count). The van der Waals surface area contributed by atoms with Gasteiger partial charge in [-0.1, -0.05) is 11.6 Å². The Morgan fingerprint density at radius 2 is 2.10 bits per heavy atom. The number of aliphatic hydroxyl groups excluding tert-OH is 2. The number of rotatable bonds is 2. The second-order valence-electron chi connectivity index (χ2n) is 4.45. The normalized spacial score (nSPS) is 30.2. The van der Waals surface area contributed by atoms with Gasteiger partial charge < -0.3 is 19.5 Å². The van der Waals surface area contributed by atoms with Crippen LogP contribution in [0.4, 0.5) is 0 Å². The molecule has 1 aliphatic heterocycles. The van der Waals surface area contributed by atoms with Crippen LogP contribution in [0.3, 0.4) is 0 Å². The Balaban J connectivity index is 2.10. The van der Waals surface area contributed by atoms with Crippen molar-refractivity contribution in [3.8, 4) is 0 Å². The van der Waals surface area contributed by atoms with E-state index >= 15 is 0 Å². The van der Waals surface area contributed by atoms with Crippen molar-refractivity contribution in [1.29, 1.82) is 0 Å². The number of hydrogen-bond donors (Lipinski definition) is 2. The first-order chi connectivity index (χ1) is 9.54. The third-order valence-electron chi connectivity index (χ3n) is 3.28. The summed E-state index contributed by atoms with van der Waals surface area (Å²) in [4.78, 5) is 8.11. The maximum Gasteiger partial charge on any atom is 0.164 e. The van der Waals surface area contributed by atoms with Crippen molar-refractivity contribution in [2.75, 3.05) is 5.88 Å². The van der Waals surface area contributed by atoms with Gasteiger partial charge in [-0.2, -0.15) is 0 Å². The van der Waals surface area contributed by atoms with Gasteiger partial charge in [-0.05, 0) is 22.6 Å². The first kappa shape index (κ1) is 14.7. The molecule has 0 radical (unpaired) electrons. The zero-order valence-corrected chi connectivity index (χ0v) is 13.6. The fourth-order valence-electron chi connectivity index (χ4n) is 2.28. The second kappa shape index (κ2) is 5.54. The van der Waals surface area contributed by atoms with Gasteiger partial charge in [0, 0.05) is 9.77 Å². The highest BCUT2D eigenvalue weighted by molar-refractivity contribution is 14.1. The lowest BCUT2D eigenvalue weighted by Crippen LogP contribution is -2.32. The van der Waals surface area contributed by atoms with Gasteiger partial charge in [0.05, 0.1) is 11.3 Å². The number of hydrogen-bond acceptors (Lipinski definition) is 5. The summed E-state index contributed by atoms with van der Waals surface area (Å²) in [6, 6.07) is 0. The minimum absolute atomic E-state index is 0.0980. The van der Waals surface area contributed by atoms with Crippen LogP contribution in [-0.4, -0.2) is 48.9 Å². The van der Waals surface area contributed by atoms with E-state index in [-0.39, 0.29) is 5.88 Å². The van der Waals surface area contributed by atoms with Crippen LogP contribution in [0.15, 0.2) is 12.5 Å². The molecule has 2 aromatic rings. The lowest BCUT2D eigenvalue weighted by Gasteiger charge is -2.17. The SMILES string of the molecule is O[C@@H]1[C@H](O)[C@H](n2cc(I)c3c(Cl)ncnc32)O[C@@H]1CCl. The van der Waals surface area contributed by atoms with Crippen molar-refractivity contribution in [2.45, 2.75) is 24.5 Å². The molecule has 20 heavy (non-hydrogen) atoms. The van der Waals surface area contributed by atoms with E-state index in [0.29, 0.717) is 16.2 Å². The van der Waals surface area contributed by atoms with Crippen molar-refractivity contribution in [1.82, 2.24) is 14.5 Å². The third-order valence-corrected chi connectivity index (χ3v) is 4.69. The monoisotopic (exact) mass is 429 g/mol. The van der Waals surface area contributed by atoms with Gasteiger partial charge in [0.2, 0.25) is 0 Å². The summed E-state index contributed by atoms with van der Waals surface area (Å²) in [6.07, 6.45) is -0.407. The van der Waals surface area contributed by atoms with Gasteiger partial charge >= 0.3 is 0 Å². The predicted molar refractivity (Wildman–Crippen MR) is 81.9 cm³/mol. The molecule has 1 fully saturated rings. The number of alkyl halides is 1. The Labute approximate surface area is 137 Å². The Hall–Kier alpha value is -0.190. The molecule has 1 aliphatic rings. The van der Waals surface area contributed by atoms with Gasteiger partial charge in [-0.3, -0.25) is 0 Å². The molecular weight excluding hydrogens is 420 g/mol. The van der Waals surface area contributed by atoms with Gasteiger partial charge in [-0.25, -0.2) is 9.97 Å². The van der Waals surface area contributed by atoms with Crippen molar-refractivity contribution in [3.63, 3.8) is 0 Å². The Morgan fingerprint density at radius 1 is 1.35 bits per heavy atom. The highest BCUT2D eigenvalue weighted by Gasteiger charge is 2.43. The zero-order chi connectivity index (χ0) is 14.4. The lowest BCUT2D eigenvalue weighted by molar-refractivity contribution is -0.0289. The quantitative estimate of drug-likeness (QED) is 0.430. The molecule has 0 amide bonds. The van der Waals surface area contributed by atoms with E-state index in [9.17, 15) is 10.2 Å². The van der Waals surface area contributed by atoms with Gasteiger partial charge in [0.15, 0.2) is 6.23 Å². The van der Waals surface area contributed by atoms with E-state index in [1.54, 1.807) is 10.8 Å². The maximum absolute atomic E-state index is 10.1. The summed E-state index contributed by atoms with van der Waals surface area (Å²) < 4.78 is 8.09. The standard InChI is InChI=1S/C11H10Cl2IN3O3/c12-1-5-7(18)8(19)11(20-5)17-2-4(14)6-9(13)15-3-16-10(6)17/h2-3,5,7-8,11,18-19H,1H2/t5-,7+,8+,11-/m1/s1. The molecule has 0 saturated carbocycles. The molecule has 108 valence electrons. The summed E-state index contributed by atoms with van der Waals surface area (Å²) in [5.74, 6) is 0.0980. The van der Waals surface area contributed by atoms with Crippen molar-refractivity contribution < 1.29 is 14.9 Å². The van der Waals surface area contributed by atoms with Crippen LogP contribution in [0.25, 0.3) is 11.0 Å². The molecule has 0 spiro atoms. The van der Waals surface area contributed by atoms with Crippen LogP contribution in [0, 0.1) is 3.57 Å². The number of aromatic nitrogens is 3. The molecule has 1 saturated heterocycles. The number of fused-ring (bicyclic) bond motifs is 1. The predicted octanol–water partition coefficient (Wildman–Crippen LogP) is 1.55. The first-order valence-corrected chi connectivity index (χ1v) is 7.77. The largest absolute Gasteiger partial charge is 0.387 e. The van der Waals surface area contributed by atoms with Gasteiger partial charge in [0.1, 0.15) is 35.4 Å². The van der Waals surface area contributed by atoms with Crippen LogP contribution < -0.4 is 0 Å². The minimum Gasteiger partial charge on any atom is -0.387 e. The highest BCUT2D eigenvalue weighted by Crippen LogP contribution is 2.35. The van der Waals surface area contributed by atoms with E-state index in [1.807, 2.05) is 0 Å². The molecule has 3 heterocycles. The average Bonchev–Trinajstić information content (AvgIpc) is 2.90. The average molecular weight is 430 g/mol. The van der Waals surface area contributed by atoms with Gasteiger partial charge in [-0.15, -0.1) is 11.6 Å². The third kappa shape index (κ3) is 2.20. The molecule has 2 N–H and O–H groups in total. The Morgan fingerprint density at radius 3 is 2.75 bits per heavy atom. The van der Waals surface area contributed by atoms with Crippen LogP contribution in [0.5, 0.6) is 0 Å². The van der Waals surface area contributed by atoms with Crippen LogP contribution in [0.2, 0.25) is 5.15 Å². The Kier molecular flexibility index (Phi) is 4.08. The molecule has 9 heteroatoms. The number of halogens is 3. The molecule has 0 unspecified atom stereocenters. The van der Waals surface area contributed by atoms with Crippen LogP contribution >= 0.6 is 45.8 Å². The van der Waals surface area contributed by atoms with Crippen LogP contribution in [0.1, 0.15) is 6.23 Å². The Bertz CT molecular complexity index is 653. The number of aliphatic hydroxyl groups is 2. The molecule has 4 atom stereocenters. The fourth-order valence-corrected chi connectivity index (χ4v) is 3.73. The lowest BCUT2D eigenvalue weighted by atomic mass is 10.1. The highest BCUT2D eigenvalue weighted by atomic mass is 127. The molecule has 0 aromatic carbocycles. The molecule has 2 aromatic heterocycles. The van der Waals surface area contributed by atoms with Crippen molar-refractivity contribution in [3.05, 3.63) is 21.2 Å². The molecular formula is C11H10Cl2IN3O3. The van der Waals surface area contributed by atoms with E-state index in [4.69, 9.17) is 27.9 Å². The fraction of sp³-hybridized carbons (Fsp3) is 0.455. The summed E-state index contributed by atoms with van der Waals surface area (Å²) in [5.41, 5.74) is 0.542. The molecule has 0 aliphatic carbocycles. The minimum atomic E-state index is -1.08. The summed E-state index contributed by atoms with van der Waals surface area (Å²) in [7, 11) is 0. The van der Waals surface area contributed by atoms with E-state index in [0.717, 1.165) is 3.57 Å². The van der Waals surface area contributed by atoms with Crippen LogP contribution in [-0.2, 0) is 4.74 Å². The van der Waals surface area contributed by atoms with Crippen molar-refractivity contribution in [2.24, 2.45) is 0 Å². The number of ether oxygens (including phenoxy) is 1. The maximum atomic E-state index is 10.1. The first-order valence-electron chi connectivity index (χ1n) is 5.78. The van der Waals surface area contributed by atoms with Gasteiger partial charge in [0.25, 0.3) is 0 Å². The molecule has 6 nitrogen and oxygen atoms in total. The van der Waals surface area contributed by atoms with E-state index < -0.39 is 24.5 Å². The zero-order valence-electron chi connectivity index (χ0n) is 9.95. The smallest absolute Gasteiger partial charge is 0.164 e. The number of nitrogens with zero attached hydrogens (tertiary/aromatic N) is 3. The summed E-state index contributed by atoms with van der Waals surface area (Å²) >= 11 is 13.9.